The molecule has 0 unspecified atom stereocenters. The molecule has 0 aliphatic rings. The Bertz CT molecular complexity index is 583. The Labute approximate surface area is 141 Å². The van der Waals surface area contributed by atoms with Gasteiger partial charge in [0, 0.05) is 5.88 Å². The van der Waals surface area contributed by atoms with Gasteiger partial charge in [-0.1, -0.05) is 18.2 Å². The Kier molecular flexibility index (Phi) is 5.53. The minimum absolute atomic E-state index is 0.481. The second-order valence-corrected chi connectivity index (χ2v) is 6.66. The largest absolute Gasteiger partial charge is 0.487 e. The Morgan fingerprint density at radius 2 is 1.60 bits per heavy atom. The normalized spacial score (nSPS) is 10.7. The van der Waals surface area contributed by atoms with Gasteiger partial charge in [-0.05, 0) is 80.1 Å². The van der Waals surface area contributed by atoms with Crippen LogP contribution < -0.4 is 4.74 Å². The van der Waals surface area contributed by atoms with Crippen molar-refractivity contribution < 1.29 is 4.74 Å². The van der Waals surface area contributed by atoms with E-state index >= 15 is 0 Å². The summed E-state index contributed by atoms with van der Waals surface area (Å²) in [6.07, 6.45) is 0. The standard InChI is InChI=1S/C16H15Br2ClO/c1-10-4-3-5-11(2)13(10)9-20-16-14(17)6-12(8-19)7-15(16)18/h3-7H,8-9H2,1-2H3. The molecule has 0 spiro atoms. The third-order valence-electron chi connectivity index (χ3n) is 3.22. The highest BCUT2D eigenvalue weighted by Crippen LogP contribution is 2.36. The van der Waals surface area contributed by atoms with Crippen molar-refractivity contribution in [2.45, 2.75) is 26.3 Å². The molecule has 1 nitrogen and oxygen atoms in total. The predicted octanol–water partition coefficient (Wildman–Crippen LogP) is 6.15. The molecule has 0 amide bonds. The van der Waals surface area contributed by atoms with Gasteiger partial charge in [0.1, 0.15) is 12.4 Å². The van der Waals surface area contributed by atoms with Crippen LogP contribution in [-0.4, -0.2) is 0 Å². The van der Waals surface area contributed by atoms with Gasteiger partial charge >= 0.3 is 0 Å². The van der Waals surface area contributed by atoms with E-state index in [-0.39, 0.29) is 0 Å². The fourth-order valence-electron chi connectivity index (χ4n) is 2.05. The number of alkyl halides is 1. The van der Waals surface area contributed by atoms with Gasteiger partial charge in [0.05, 0.1) is 8.95 Å². The second-order valence-electron chi connectivity index (χ2n) is 4.68. The van der Waals surface area contributed by atoms with Gasteiger partial charge in [-0.2, -0.15) is 0 Å². The van der Waals surface area contributed by atoms with E-state index in [1.165, 1.54) is 16.7 Å². The average Bonchev–Trinajstić information content (AvgIpc) is 2.40. The fourth-order valence-corrected chi connectivity index (χ4v) is 3.71. The molecule has 0 aromatic heterocycles. The van der Waals surface area contributed by atoms with Gasteiger partial charge in [0.2, 0.25) is 0 Å². The SMILES string of the molecule is Cc1cccc(C)c1COc1c(Br)cc(CCl)cc1Br. The number of aryl methyl sites for hydroxylation is 2. The average molecular weight is 419 g/mol. The molecule has 0 N–H and O–H groups in total. The van der Waals surface area contributed by atoms with E-state index in [4.69, 9.17) is 16.3 Å². The number of hydrogen-bond acceptors (Lipinski definition) is 1. The van der Waals surface area contributed by atoms with Crippen molar-refractivity contribution in [2.75, 3.05) is 0 Å². The summed E-state index contributed by atoms with van der Waals surface area (Å²) in [7, 11) is 0. The summed E-state index contributed by atoms with van der Waals surface area (Å²) >= 11 is 12.9. The van der Waals surface area contributed by atoms with E-state index < -0.39 is 0 Å². The quantitative estimate of drug-likeness (QED) is 0.542. The van der Waals surface area contributed by atoms with E-state index in [1.807, 2.05) is 12.1 Å². The Morgan fingerprint density at radius 3 is 2.10 bits per heavy atom. The molecule has 4 heteroatoms. The first-order chi connectivity index (χ1) is 9.52. The van der Waals surface area contributed by atoms with Crippen LogP contribution in [-0.2, 0) is 12.5 Å². The molecule has 0 aliphatic heterocycles. The van der Waals surface area contributed by atoms with Crippen molar-refractivity contribution in [3.05, 3.63) is 61.5 Å². The molecule has 20 heavy (non-hydrogen) atoms. The third-order valence-corrected chi connectivity index (χ3v) is 4.70. The molecule has 0 fully saturated rings. The van der Waals surface area contributed by atoms with E-state index in [1.54, 1.807) is 0 Å². The van der Waals surface area contributed by atoms with Crippen LogP contribution in [0.3, 0.4) is 0 Å². The Balaban J connectivity index is 2.23. The zero-order valence-electron chi connectivity index (χ0n) is 11.3. The molecule has 0 bridgehead atoms. The van der Waals surface area contributed by atoms with Crippen molar-refractivity contribution in [3.8, 4) is 5.75 Å². The molecular weight excluding hydrogens is 403 g/mol. The highest BCUT2D eigenvalue weighted by atomic mass is 79.9. The lowest BCUT2D eigenvalue weighted by Crippen LogP contribution is -2.01. The fraction of sp³-hybridized carbons (Fsp3) is 0.250. The van der Waals surface area contributed by atoms with Crippen LogP contribution >= 0.6 is 43.5 Å². The Hall–Kier alpha value is -0.510. The molecule has 0 radical (unpaired) electrons. The number of benzene rings is 2. The Morgan fingerprint density at radius 1 is 1.05 bits per heavy atom. The summed E-state index contributed by atoms with van der Waals surface area (Å²) in [5.74, 6) is 1.29. The first kappa shape index (κ1) is 15.9. The molecule has 2 aromatic carbocycles. The van der Waals surface area contributed by atoms with Crippen molar-refractivity contribution >= 4 is 43.5 Å². The van der Waals surface area contributed by atoms with Gasteiger partial charge in [-0.25, -0.2) is 0 Å². The number of halogens is 3. The monoisotopic (exact) mass is 416 g/mol. The molecular formula is C16H15Br2ClO. The lowest BCUT2D eigenvalue weighted by atomic mass is 10.0. The first-order valence-electron chi connectivity index (χ1n) is 6.24. The highest BCUT2D eigenvalue weighted by molar-refractivity contribution is 9.11. The third kappa shape index (κ3) is 3.57. The van der Waals surface area contributed by atoms with Crippen LogP contribution in [0.15, 0.2) is 39.3 Å². The molecule has 0 aliphatic carbocycles. The van der Waals surface area contributed by atoms with Crippen LogP contribution in [0.1, 0.15) is 22.3 Å². The molecule has 2 aromatic rings. The van der Waals surface area contributed by atoms with Gasteiger partial charge in [-0.3, -0.25) is 0 Å². The van der Waals surface area contributed by atoms with Crippen LogP contribution in [0.25, 0.3) is 0 Å². The van der Waals surface area contributed by atoms with E-state index in [9.17, 15) is 0 Å². The second kappa shape index (κ2) is 6.97. The maximum absolute atomic E-state index is 5.98. The van der Waals surface area contributed by atoms with E-state index in [0.29, 0.717) is 12.5 Å². The van der Waals surface area contributed by atoms with Crippen molar-refractivity contribution in [2.24, 2.45) is 0 Å². The maximum atomic E-state index is 5.98. The number of rotatable bonds is 4. The molecule has 0 saturated heterocycles. The van der Waals surface area contributed by atoms with Crippen molar-refractivity contribution in [1.29, 1.82) is 0 Å². The number of ether oxygens (including phenoxy) is 1. The van der Waals surface area contributed by atoms with Gasteiger partial charge in [-0.15, -0.1) is 11.6 Å². The summed E-state index contributed by atoms with van der Waals surface area (Å²) < 4.78 is 7.80. The zero-order valence-corrected chi connectivity index (χ0v) is 15.3. The summed E-state index contributed by atoms with van der Waals surface area (Å²) in [6, 6.07) is 10.2. The van der Waals surface area contributed by atoms with Gasteiger partial charge < -0.3 is 4.74 Å². The van der Waals surface area contributed by atoms with Crippen LogP contribution in [0.2, 0.25) is 0 Å². The first-order valence-corrected chi connectivity index (χ1v) is 8.36. The summed E-state index contributed by atoms with van der Waals surface area (Å²) in [5, 5.41) is 0. The van der Waals surface area contributed by atoms with Crippen molar-refractivity contribution in [1.82, 2.24) is 0 Å². The molecule has 106 valence electrons. The summed E-state index contributed by atoms with van der Waals surface area (Å²) in [4.78, 5) is 0. The van der Waals surface area contributed by atoms with Gasteiger partial charge in [0.15, 0.2) is 0 Å². The predicted molar refractivity (Wildman–Crippen MR) is 91.6 cm³/mol. The molecule has 2 rings (SSSR count). The number of hydrogen-bond donors (Lipinski definition) is 0. The lowest BCUT2D eigenvalue weighted by molar-refractivity contribution is 0.300. The maximum Gasteiger partial charge on any atom is 0.148 e. The van der Waals surface area contributed by atoms with E-state index in [2.05, 4.69) is 63.9 Å². The summed E-state index contributed by atoms with van der Waals surface area (Å²) in [5.41, 5.74) is 4.77. The van der Waals surface area contributed by atoms with Crippen LogP contribution in [0.4, 0.5) is 0 Å². The molecule has 0 heterocycles. The lowest BCUT2D eigenvalue weighted by Gasteiger charge is -2.14. The highest BCUT2D eigenvalue weighted by Gasteiger charge is 2.10. The van der Waals surface area contributed by atoms with Gasteiger partial charge in [0.25, 0.3) is 0 Å². The molecule has 0 atom stereocenters. The van der Waals surface area contributed by atoms with E-state index in [0.717, 1.165) is 20.3 Å². The van der Waals surface area contributed by atoms with Crippen molar-refractivity contribution in [3.63, 3.8) is 0 Å². The zero-order chi connectivity index (χ0) is 14.7. The summed E-state index contributed by atoms with van der Waals surface area (Å²) in [6.45, 7) is 4.76. The van der Waals surface area contributed by atoms with Crippen LogP contribution in [0, 0.1) is 13.8 Å². The smallest absolute Gasteiger partial charge is 0.148 e. The molecule has 0 saturated carbocycles. The topological polar surface area (TPSA) is 9.23 Å². The van der Waals surface area contributed by atoms with Crippen LogP contribution in [0.5, 0.6) is 5.75 Å². The minimum Gasteiger partial charge on any atom is -0.487 e. The minimum atomic E-state index is 0.481.